The molecule has 0 N–H and O–H groups in total. The Morgan fingerprint density at radius 2 is 1.54 bits per heavy atom. The molecule has 0 amide bonds. The molecule has 2 aromatic carbocycles. The largest absolute Gasteiger partial charge is 0.366 e. The Hall–Kier alpha value is -3.06. The number of fused-ring (bicyclic) bond motifs is 1. The summed E-state index contributed by atoms with van der Waals surface area (Å²) >= 11 is 1.44. The number of hydrogen-bond donors (Lipinski definition) is 0. The maximum atomic E-state index is 14.1. The zero-order chi connectivity index (χ0) is 18.9. The second kappa shape index (κ2) is 7.16. The lowest BCUT2D eigenvalue weighted by molar-refractivity contribution is 0.597. The minimum atomic E-state index is -0.171. The third kappa shape index (κ3) is 2.97. The van der Waals surface area contributed by atoms with Crippen molar-refractivity contribution in [2.24, 2.45) is 0 Å². The predicted molar refractivity (Wildman–Crippen MR) is 111 cm³/mol. The van der Waals surface area contributed by atoms with Crippen molar-refractivity contribution < 1.29 is 4.39 Å². The standard InChI is InChI=1S/C21H18FN5S/c22-16-8-4-5-9-17(16)26-10-12-27(13-11-26)21-20-19(23-14-24-21)18(25-28-20)15-6-2-1-3-7-15/h1-9,14H,10-13H2. The van der Waals surface area contributed by atoms with Crippen molar-refractivity contribution in [3.05, 3.63) is 66.7 Å². The number of benzene rings is 2. The van der Waals surface area contributed by atoms with Crippen LogP contribution < -0.4 is 9.80 Å². The van der Waals surface area contributed by atoms with E-state index in [1.165, 1.54) is 17.6 Å². The minimum absolute atomic E-state index is 0.171. The molecule has 1 saturated heterocycles. The predicted octanol–water partition coefficient (Wildman–Crippen LogP) is 4.22. The van der Waals surface area contributed by atoms with Crippen molar-refractivity contribution in [1.82, 2.24) is 14.3 Å². The van der Waals surface area contributed by atoms with Gasteiger partial charge in [-0.1, -0.05) is 42.5 Å². The van der Waals surface area contributed by atoms with Gasteiger partial charge in [-0.05, 0) is 23.7 Å². The molecule has 0 atom stereocenters. The number of para-hydroxylation sites is 1. The molecule has 0 spiro atoms. The highest BCUT2D eigenvalue weighted by Crippen LogP contribution is 2.34. The van der Waals surface area contributed by atoms with Crippen LogP contribution in [0.3, 0.4) is 0 Å². The molecule has 4 aromatic rings. The Morgan fingerprint density at radius 3 is 2.32 bits per heavy atom. The first kappa shape index (κ1) is 17.1. The Labute approximate surface area is 166 Å². The second-order valence-corrected chi connectivity index (χ2v) is 7.47. The molecule has 5 nitrogen and oxygen atoms in total. The van der Waals surface area contributed by atoms with Crippen molar-refractivity contribution in [2.75, 3.05) is 36.0 Å². The van der Waals surface area contributed by atoms with Crippen molar-refractivity contribution in [2.45, 2.75) is 0 Å². The third-order valence-electron chi connectivity index (χ3n) is 5.06. The van der Waals surface area contributed by atoms with Gasteiger partial charge in [-0.15, -0.1) is 0 Å². The van der Waals surface area contributed by atoms with Crippen LogP contribution in [0.25, 0.3) is 21.5 Å². The molecule has 0 unspecified atom stereocenters. The average molecular weight is 391 g/mol. The lowest BCUT2D eigenvalue weighted by Crippen LogP contribution is -2.47. The van der Waals surface area contributed by atoms with Crippen LogP contribution in [-0.4, -0.2) is 40.5 Å². The Balaban J connectivity index is 1.42. The Bertz CT molecular complexity index is 1110. The van der Waals surface area contributed by atoms with E-state index in [-0.39, 0.29) is 5.82 Å². The number of piperazine rings is 1. The smallest absolute Gasteiger partial charge is 0.151 e. The van der Waals surface area contributed by atoms with E-state index in [1.54, 1.807) is 12.4 Å². The highest BCUT2D eigenvalue weighted by Gasteiger charge is 2.23. The fourth-order valence-electron chi connectivity index (χ4n) is 3.63. The summed E-state index contributed by atoms with van der Waals surface area (Å²) in [7, 11) is 0. The maximum absolute atomic E-state index is 14.1. The van der Waals surface area contributed by atoms with Gasteiger partial charge in [0.1, 0.15) is 28.1 Å². The van der Waals surface area contributed by atoms with Gasteiger partial charge in [0, 0.05) is 31.7 Å². The highest BCUT2D eigenvalue weighted by atomic mass is 32.1. The summed E-state index contributed by atoms with van der Waals surface area (Å²) in [6, 6.07) is 17.0. The monoisotopic (exact) mass is 391 g/mol. The molecule has 2 aromatic heterocycles. The number of anilines is 2. The minimum Gasteiger partial charge on any atom is -0.366 e. The van der Waals surface area contributed by atoms with E-state index in [0.717, 1.165) is 53.5 Å². The van der Waals surface area contributed by atoms with Crippen LogP contribution in [-0.2, 0) is 0 Å². The molecule has 1 aliphatic heterocycles. The van der Waals surface area contributed by atoms with E-state index in [1.807, 2.05) is 42.5 Å². The van der Waals surface area contributed by atoms with Crippen LogP contribution in [0.2, 0.25) is 0 Å². The summed E-state index contributed by atoms with van der Waals surface area (Å²) in [6.07, 6.45) is 1.61. The Morgan fingerprint density at radius 1 is 0.821 bits per heavy atom. The molecular weight excluding hydrogens is 373 g/mol. The zero-order valence-electron chi connectivity index (χ0n) is 15.1. The van der Waals surface area contributed by atoms with Gasteiger partial charge < -0.3 is 9.80 Å². The maximum Gasteiger partial charge on any atom is 0.151 e. The highest BCUT2D eigenvalue weighted by molar-refractivity contribution is 7.14. The van der Waals surface area contributed by atoms with Crippen LogP contribution in [0.4, 0.5) is 15.9 Å². The Kier molecular flexibility index (Phi) is 4.37. The number of hydrogen-bond acceptors (Lipinski definition) is 6. The lowest BCUT2D eigenvalue weighted by Gasteiger charge is -2.36. The molecule has 0 bridgehead atoms. The molecule has 5 rings (SSSR count). The molecular formula is C21H18FN5S. The van der Waals surface area contributed by atoms with Gasteiger partial charge >= 0.3 is 0 Å². The van der Waals surface area contributed by atoms with Gasteiger partial charge in [0.05, 0.1) is 5.69 Å². The SMILES string of the molecule is Fc1ccccc1N1CCN(c2ncnc3c(-c4ccccc4)nsc23)CC1. The van der Waals surface area contributed by atoms with E-state index in [0.29, 0.717) is 5.69 Å². The van der Waals surface area contributed by atoms with E-state index in [2.05, 4.69) is 24.1 Å². The number of rotatable bonds is 3. The molecule has 1 aliphatic rings. The molecule has 3 heterocycles. The fraction of sp³-hybridized carbons (Fsp3) is 0.190. The first-order chi connectivity index (χ1) is 13.8. The molecule has 0 radical (unpaired) electrons. The molecule has 140 valence electrons. The van der Waals surface area contributed by atoms with Crippen LogP contribution >= 0.6 is 11.5 Å². The number of halogens is 1. The van der Waals surface area contributed by atoms with Gasteiger partial charge in [0.15, 0.2) is 5.82 Å². The fourth-order valence-corrected chi connectivity index (χ4v) is 4.50. The first-order valence-electron chi connectivity index (χ1n) is 9.21. The summed E-state index contributed by atoms with van der Waals surface area (Å²) in [4.78, 5) is 13.4. The van der Waals surface area contributed by atoms with E-state index < -0.39 is 0 Å². The molecule has 28 heavy (non-hydrogen) atoms. The average Bonchev–Trinajstić information content (AvgIpc) is 3.19. The van der Waals surface area contributed by atoms with Crippen LogP contribution in [0.5, 0.6) is 0 Å². The van der Waals surface area contributed by atoms with E-state index in [9.17, 15) is 4.39 Å². The lowest BCUT2D eigenvalue weighted by atomic mass is 10.1. The third-order valence-corrected chi connectivity index (χ3v) is 5.89. The summed E-state index contributed by atoms with van der Waals surface area (Å²) in [5.74, 6) is 0.744. The van der Waals surface area contributed by atoms with Crippen molar-refractivity contribution in [3.63, 3.8) is 0 Å². The van der Waals surface area contributed by atoms with Gasteiger partial charge in [0.2, 0.25) is 0 Å². The normalized spacial score (nSPS) is 14.6. The molecule has 0 aliphatic carbocycles. The van der Waals surface area contributed by atoms with Gasteiger partial charge in [-0.25, -0.2) is 14.4 Å². The molecule has 0 saturated carbocycles. The van der Waals surface area contributed by atoms with Crippen LogP contribution in [0.1, 0.15) is 0 Å². The summed E-state index contributed by atoms with van der Waals surface area (Å²) in [6.45, 7) is 3.05. The van der Waals surface area contributed by atoms with E-state index >= 15 is 0 Å². The molecule has 7 heteroatoms. The molecule has 1 fully saturated rings. The number of nitrogens with zero attached hydrogens (tertiary/aromatic N) is 5. The zero-order valence-corrected chi connectivity index (χ0v) is 15.9. The van der Waals surface area contributed by atoms with Crippen LogP contribution in [0, 0.1) is 5.82 Å². The van der Waals surface area contributed by atoms with Crippen molar-refractivity contribution >= 4 is 33.3 Å². The van der Waals surface area contributed by atoms with Gasteiger partial charge in [-0.3, -0.25) is 0 Å². The van der Waals surface area contributed by atoms with Gasteiger partial charge in [0.25, 0.3) is 0 Å². The van der Waals surface area contributed by atoms with Crippen molar-refractivity contribution in [3.8, 4) is 11.3 Å². The number of aromatic nitrogens is 3. The van der Waals surface area contributed by atoms with Crippen molar-refractivity contribution in [1.29, 1.82) is 0 Å². The van der Waals surface area contributed by atoms with Gasteiger partial charge in [-0.2, -0.15) is 4.37 Å². The quantitative estimate of drug-likeness (QED) is 0.523. The topological polar surface area (TPSA) is 45.2 Å². The summed E-state index contributed by atoms with van der Waals surface area (Å²) in [5.41, 5.74) is 3.51. The van der Waals surface area contributed by atoms with E-state index in [4.69, 9.17) is 0 Å². The van der Waals surface area contributed by atoms with Crippen LogP contribution in [0.15, 0.2) is 60.9 Å². The first-order valence-corrected chi connectivity index (χ1v) is 9.99. The second-order valence-electron chi connectivity index (χ2n) is 6.70. The summed E-state index contributed by atoms with van der Waals surface area (Å²) < 4.78 is 19.7. The summed E-state index contributed by atoms with van der Waals surface area (Å²) in [5, 5.41) is 0.